The van der Waals surface area contributed by atoms with Gasteiger partial charge in [-0.25, -0.2) is 0 Å². The molecule has 0 spiro atoms. The van der Waals surface area contributed by atoms with Gasteiger partial charge in [-0.15, -0.1) is 0 Å². The molecule has 0 atom stereocenters. The van der Waals surface area contributed by atoms with Gasteiger partial charge in [-0.2, -0.15) is 0 Å². The Morgan fingerprint density at radius 3 is 1.96 bits per heavy atom. The smallest absolute Gasteiger partial charge is 0.126 e. The first-order valence-electron chi connectivity index (χ1n) is 11.2. The summed E-state index contributed by atoms with van der Waals surface area (Å²) < 4.78 is 0. The Kier molecular flexibility index (Phi) is 8.84. The molecule has 2 aliphatic carbocycles. The average molecular weight is 335 g/mol. The number of carbonyl (C=O) groups is 1. The molecule has 0 heterocycles. The molecule has 0 unspecified atom stereocenters. The number of aldehydes is 1. The summed E-state index contributed by atoms with van der Waals surface area (Å²) in [6, 6.07) is 0. The minimum atomic E-state index is 0.0586. The van der Waals surface area contributed by atoms with Crippen molar-refractivity contribution < 1.29 is 4.79 Å². The van der Waals surface area contributed by atoms with Gasteiger partial charge >= 0.3 is 0 Å². The van der Waals surface area contributed by atoms with Gasteiger partial charge in [0.2, 0.25) is 0 Å². The van der Waals surface area contributed by atoms with Gasteiger partial charge in [0, 0.05) is 5.41 Å². The molecular formula is C23H42O. The van der Waals surface area contributed by atoms with Crippen LogP contribution >= 0.6 is 0 Å². The first-order valence-corrected chi connectivity index (χ1v) is 11.2. The molecule has 0 aromatic heterocycles. The highest BCUT2D eigenvalue weighted by Gasteiger charge is 2.37. The first kappa shape index (κ1) is 20.0. The number of carbonyl (C=O) groups excluding carboxylic acids is 1. The topological polar surface area (TPSA) is 17.1 Å². The van der Waals surface area contributed by atoms with E-state index in [1.54, 1.807) is 0 Å². The molecule has 1 nitrogen and oxygen atoms in total. The minimum absolute atomic E-state index is 0.0586. The van der Waals surface area contributed by atoms with Crippen molar-refractivity contribution in [1.82, 2.24) is 0 Å². The fourth-order valence-electron chi connectivity index (χ4n) is 5.47. The van der Waals surface area contributed by atoms with E-state index in [4.69, 9.17) is 0 Å². The summed E-state index contributed by atoms with van der Waals surface area (Å²) in [5.74, 6) is 2.94. The monoisotopic (exact) mass is 334 g/mol. The predicted molar refractivity (Wildman–Crippen MR) is 104 cm³/mol. The number of rotatable bonds is 10. The van der Waals surface area contributed by atoms with E-state index in [0.717, 1.165) is 24.2 Å². The van der Waals surface area contributed by atoms with Crippen LogP contribution in [0.4, 0.5) is 0 Å². The second-order valence-electron chi connectivity index (χ2n) is 9.05. The van der Waals surface area contributed by atoms with Gasteiger partial charge in [-0.1, -0.05) is 71.6 Å². The van der Waals surface area contributed by atoms with Crippen molar-refractivity contribution in [3.05, 3.63) is 0 Å². The van der Waals surface area contributed by atoms with Crippen molar-refractivity contribution in [3.63, 3.8) is 0 Å². The Morgan fingerprint density at radius 2 is 1.38 bits per heavy atom. The van der Waals surface area contributed by atoms with Crippen LogP contribution in [0.15, 0.2) is 0 Å². The van der Waals surface area contributed by atoms with Crippen molar-refractivity contribution >= 4 is 6.29 Å². The van der Waals surface area contributed by atoms with Crippen molar-refractivity contribution in [2.75, 3.05) is 0 Å². The van der Waals surface area contributed by atoms with E-state index in [9.17, 15) is 4.79 Å². The zero-order valence-corrected chi connectivity index (χ0v) is 16.5. The molecule has 0 radical (unpaired) electrons. The predicted octanol–water partition coefficient (Wildman–Crippen LogP) is 7.33. The molecule has 0 N–H and O–H groups in total. The van der Waals surface area contributed by atoms with Gasteiger partial charge in [-0.3, -0.25) is 0 Å². The van der Waals surface area contributed by atoms with E-state index in [2.05, 4.69) is 13.8 Å². The van der Waals surface area contributed by atoms with Crippen LogP contribution in [0.1, 0.15) is 117 Å². The Morgan fingerprint density at radius 1 is 0.792 bits per heavy atom. The second kappa shape index (κ2) is 10.6. The van der Waals surface area contributed by atoms with E-state index in [1.807, 2.05) is 0 Å². The van der Waals surface area contributed by atoms with Crippen LogP contribution < -0.4 is 0 Å². The third kappa shape index (κ3) is 5.88. The second-order valence-corrected chi connectivity index (χ2v) is 9.05. The first-order chi connectivity index (χ1) is 11.7. The maximum Gasteiger partial charge on any atom is 0.126 e. The maximum atomic E-state index is 11.7. The SMILES string of the molecule is CCCCCC1CCC(C2CCC(C=O)(CCCCC)CC2)CC1. The van der Waals surface area contributed by atoms with Gasteiger partial charge in [0.1, 0.15) is 6.29 Å². The molecule has 140 valence electrons. The van der Waals surface area contributed by atoms with Crippen LogP contribution in [0, 0.1) is 23.2 Å². The van der Waals surface area contributed by atoms with E-state index in [1.165, 1.54) is 103 Å². The highest BCUT2D eigenvalue weighted by molar-refractivity contribution is 5.59. The van der Waals surface area contributed by atoms with Gasteiger partial charge in [-0.05, 0) is 62.7 Å². The molecule has 2 fully saturated rings. The molecule has 0 aliphatic heterocycles. The highest BCUT2D eigenvalue weighted by Crippen LogP contribution is 2.47. The lowest BCUT2D eigenvalue weighted by molar-refractivity contribution is -0.119. The van der Waals surface area contributed by atoms with Gasteiger partial charge in [0.05, 0.1) is 0 Å². The quantitative estimate of drug-likeness (QED) is 0.302. The number of hydrogen-bond acceptors (Lipinski definition) is 1. The molecule has 0 saturated heterocycles. The fraction of sp³-hybridized carbons (Fsp3) is 0.957. The summed E-state index contributed by atoms with van der Waals surface area (Å²) in [5.41, 5.74) is 0.0586. The third-order valence-corrected chi connectivity index (χ3v) is 7.33. The van der Waals surface area contributed by atoms with E-state index >= 15 is 0 Å². The van der Waals surface area contributed by atoms with Crippen LogP contribution in [0.25, 0.3) is 0 Å². The Hall–Kier alpha value is -0.330. The van der Waals surface area contributed by atoms with Crippen molar-refractivity contribution in [3.8, 4) is 0 Å². The maximum absolute atomic E-state index is 11.7. The van der Waals surface area contributed by atoms with E-state index in [-0.39, 0.29) is 5.41 Å². The van der Waals surface area contributed by atoms with Gasteiger partial charge < -0.3 is 4.79 Å². The largest absolute Gasteiger partial charge is 0.303 e. The molecular weight excluding hydrogens is 292 g/mol. The third-order valence-electron chi connectivity index (χ3n) is 7.33. The van der Waals surface area contributed by atoms with Crippen molar-refractivity contribution in [2.24, 2.45) is 23.2 Å². The zero-order valence-electron chi connectivity index (χ0n) is 16.5. The number of hydrogen-bond donors (Lipinski definition) is 0. The molecule has 2 aliphatic rings. The normalized spacial score (nSPS) is 34.2. The van der Waals surface area contributed by atoms with Crippen molar-refractivity contribution in [2.45, 2.75) is 117 Å². The molecule has 1 heteroatoms. The lowest BCUT2D eigenvalue weighted by Crippen LogP contribution is -2.33. The molecule has 24 heavy (non-hydrogen) atoms. The minimum Gasteiger partial charge on any atom is -0.303 e. The Bertz CT molecular complexity index is 332. The Balaban J connectivity index is 1.70. The lowest BCUT2D eigenvalue weighted by atomic mass is 9.63. The summed E-state index contributed by atoms with van der Waals surface area (Å²) >= 11 is 0. The molecule has 2 rings (SSSR count). The van der Waals surface area contributed by atoms with E-state index in [0.29, 0.717) is 0 Å². The number of unbranched alkanes of at least 4 members (excludes halogenated alkanes) is 4. The van der Waals surface area contributed by atoms with Crippen LogP contribution in [-0.2, 0) is 4.79 Å². The van der Waals surface area contributed by atoms with Gasteiger partial charge in [0.25, 0.3) is 0 Å². The van der Waals surface area contributed by atoms with Crippen molar-refractivity contribution in [1.29, 1.82) is 0 Å². The summed E-state index contributed by atoms with van der Waals surface area (Å²) in [4.78, 5) is 11.7. The van der Waals surface area contributed by atoms with Crippen LogP contribution in [0.2, 0.25) is 0 Å². The zero-order chi connectivity index (χ0) is 17.3. The summed E-state index contributed by atoms with van der Waals surface area (Å²) in [6.45, 7) is 4.56. The summed E-state index contributed by atoms with van der Waals surface area (Å²) in [5, 5.41) is 0. The summed E-state index contributed by atoms with van der Waals surface area (Å²) in [7, 11) is 0. The highest BCUT2D eigenvalue weighted by atomic mass is 16.1. The van der Waals surface area contributed by atoms with Crippen LogP contribution in [-0.4, -0.2) is 6.29 Å². The Labute approximate surface area is 151 Å². The molecule has 0 amide bonds. The average Bonchev–Trinajstić information content (AvgIpc) is 2.63. The lowest BCUT2D eigenvalue weighted by Gasteiger charge is -2.41. The fourth-order valence-corrected chi connectivity index (χ4v) is 5.47. The molecule has 2 saturated carbocycles. The van der Waals surface area contributed by atoms with Crippen LogP contribution in [0.5, 0.6) is 0 Å². The summed E-state index contributed by atoms with van der Waals surface area (Å²) in [6.07, 6.45) is 23.0. The molecule has 0 aromatic carbocycles. The molecule has 0 aromatic rings. The van der Waals surface area contributed by atoms with E-state index < -0.39 is 0 Å². The molecule has 0 bridgehead atoms. The van der Waals surface area contributed by atoms with Gasteiger partial charge in [0.15, 0.2) is 0 Å². The standard InChI is InChI=1S/C23H42O/c1-3-5-7-9-20-10-12-21(13-11-20)22-14-17-23(19-24,18-15-22)16-8-6-4-2/h19-22H,3-18H2,1-2H3. The van der Waals surface area contributed by atoms with Crippen LogP contribution in [0.3, 0.4) is 0 Å².